The number of hydrogen-bond acceptors (Lipinski definition) is 6. The van der Waals surface area contributed by atoms with Gasteiger partial charge in [-0.25, -0.2) is 0 Å². The molecule has 0 rings (SSSR count). The Balaban J connectivity index is -0.0000000213. The first-order chi connectivity index (χ1) is 3.71. The van der Waals surface area contributed by atoms with Crippen LogP contribution in [0, 0.1) is 0 Å². The second-order valence-electron chi connectivity index (χ2n) is 0.997. The van der Waals surface area contributed by atoms with Crippen LogP contribution in [-0.2, 0) is 13.4 Å². The summed E-state index contributed by atoms with van der Waals surface area (Å²) < 4.78 is 21.4. The van der Waals surface area contributed by atoms with Gasteiger partial charge in [0.2, 0.25) is 0 Å². The van der Waals surface area contributed by atoms with Gasteiger partial charge in [0.15, 0.2) is 0 Å². The number of rotatable bonds is 2. The third-order valence-electron chi connectivity index (χ3n) is 0.203. The molecule has 0 aliphatic rings. The molecule has 15 heavy (non-hydrogen) atoms. The summed E-state index contributed by atoms with van der Waals surface area (Å²) in [6.45, 7) is 0. The van der Waals surface area contributed by atoms with Crippen molar-refractivity contribution in [2.45, 2.75) is 0 Å². The van der Waals surface area contributed by atoms with Crippen LogP contribution in [0.1, 0.15) is 0 Å². The van der Waals surface area contributed by atoms with E-state index in [2.05, 4.69) is 4.31 Å². The third-order valence-corrected chi connectivity index (χ3v) is 1.83. The van der Waals surface area contributed by atoms with Crippen LogP contribution in [0.3, 0.4) is 0 Å². The van der Waals surface area contributed by atoms with Crippen LogP contribution in [0.25, 0.3) is 0 Å². The van der Waals surface area contributed by atoms with Gasteiger partial charge in [-0.3, -0.25) is 8.88 Å². The molecule has 1 unspecified atom stereocenters. The van der Waals surface area contributed by atoms with Crippen molar-refractivity contribution >= 4 is 15.6 Å². The molecule has 0 aromatic rings. The van der Waals surface area contributed by atoms with E-state index in [1.807, 2.05) is 0 Å². The maximum Gasteiger partial charge on any atom is 1.00 e. The van der Waals surface area contributed by atoms with Crippen molar-refractivity contribution in [2.24, 2.45) is 0 Å². The molecule has 0 bridgehead atoms. The second kappa shape index (κ2) is 19.0. The van der Waals surface area contributed by atoms with E-state index in [0.717, 1.165) is 0 Å². The maximum absolute atomic E-state index is 9.44. The first-order valence-corrected chi connectivity index (χ1v) is 4.43. The molecule has 0 spiro atoms. The summed E-state index contributed by atoms with van der Waals surface area (Å²) in [7, 11) is -11.0. The summed E-state index contributed by atoms with van der Waals surface area (Å²) in [6.07, 6.45) is 0. The molecule has 0 saturated heterocycles. The minimum Gasteiger partial charge on any atom is -0.790 e. The Morgan fingerprint density at radius 1 is 0.867 bits per heavy atom. The first kappa shape index (κ1) is 42.7. The summed E-state index contributed by atoms with van der Waals surface area (Å²) in [5.74, 6) is 0. The molecule has 0 fully saturated rings. The van der Waals surface area contributed by atoms with Crippen molar-refractivity contribution in [3.05, 3.63) is 0 Å². The largest absolute Gasteiger partial charge is 1.00 e. The molecule has 1 atom stereocenters. The fraction of sp³-hybridized carbons (Fsp3) is 0. The van der Waals surface area contributed by atoms with Crippen molar-refractivity contribution < 1.29 is 204 Å². The van der Waals surface area contributed by atoms with Crippen LogP contribution in [-0.4, -0.2) is 21.3 Å². The van der Waals surface area contributed by atoms with Crippen LogP contribution in [0.5, 0.6) is 0 Å². The second-order valence-corrected chi connectivity index (χ2v) is 3.48. The fourth-order valence-electron chi connectivity index (χ4n) is 0.126. The Morgan fingerprint density at radius 2 is 1.07 bits per heavy atom. The Bertz CT molecular complexity index is 159. The van der Waals surface area contributed by atoms with Crippen LogP contribution >= 0.6 is 15.6 Å². The van der Waals surface area contributed by atoms with Crippen molar-refractivity contribution in [3.8, 4) is 0 Å². The molecular formula is H7K3O10P2. The molecule has 0 radical (unpaired) electrons. The zero-order valence-electron chi connectivity index (χ0n) is 8.29. The summed E-state index contributed by atoms with van der Waals surface area (Å²) in [6, 6.07) is 0. The Kier molecular flexibility index (Phi) is 54.3. The van der Waals surface area contributed by atoms with E-state index >= 15 is 0 Å². The van der Waals surface area contributed by atoms with E-state index in [1.165, 1.54) is 0 Å². The molecule has 10 nitrogen and oxygen atoms in total. The van der Waals surface area contributed by atoms with E-state index in [0.29, 0.717) is 0 Å². The maximum atomic E-state index is 9.44. The monoisotopic (exact) mass is 346 g/mol. The zero-order chi connectivity index (χ0) is 7.71. The quantitative estimate of drug-likeness (QED) is 0.374. The minimum atomic E-state index is -5.61. The smallest absolute Gasteiger partial charge is 0.790 e. The van der Waals surface area contributed by atoms with Crippen molar-refractivity contribution in [3.63, 3.8) is 0 Å². The van der Waals surface area contributed by atoms with Crippen molar-refractivity contribution in [1.82, 2.24) is 0 Å². The first-order valence-electron chi connectivity index (χ1n) is 1.48. The zero-order valence-corrected chi connectivity index (χ0v) is 19.4. The fourth-order valence-corrected chi connectivity index (χ4v) is 1.14. The Hall–Kier alpha value is 5.05. The molecule has 0 aliphatic heterocycles. The molecule has 0 amide bonds. The molecule has 15 heteroatoms. The van der Waals surface area contributed by atoms with E-state index < -0.39 is 15.6 Å². The van der Waals surface area contributed by atoms with Gasteiger partial charge >= 0.3 is 154 Å². The van der Waals surface area contributed by atoms with Crippen LogP contribution in [0.2, 0.25) is 0 Å². The summed E-state index contributed by atoms with van der Waals surface area (Å²) in [4.78, 5) is 35.7. The molecular weight excluding hydrogens is 339 g/mol. The predicted octanol–water partition coefficient (Wildman–Crippen LogP) is -14.2. The SMILES string of the molecule is O.O.O.O=P([O-])([O-])OP(=O)([O-])O.[K+].[K+].[K+]. The molecule has 0 aliphatic carbocycles. The molecule has 0 aromatic carbocycles. The van der Waals surface area contributed by atoms with Crippen LogP contribution < -0.4 is 169 Å². The van der Waals surface area contributed by atoms with E-state index in [4.69, 9.17) is 4.89 Å². The third kappa shape index (κ3) is 45.4. The van der Waals surface area contributed by atoms with E-state index in [1.54, 1.807) is 0 Å². The normalized spacial score (nSPS) is 11.5. The average molecular weight is 346 g/mol. The summed E-state index contributed by atoms with van der Waals surface area (Å²) in [5, 5.41) is 0. The van der Waals surface area contributed by atoms with Gasteiger partial charge in [0.1, 0.15) is 0 Å². The average Bonchev–Trinajstić information content (AvgIpc) is 1.14. The molecule has 80 valence electrons. The topological polar surface area (TPSA) is 227 Å². The van der Waals surface area contributed by atoms with Crippen molar-refractivity contribution in [1.29, 1.82) is 0 Å². The number of hydrogen-bond donors (Lipinski definition) is 1. The molecule has 0 heterocycles. The predicted molar refractivity (Wildman–Crippen MR) is 29.4 cm³/mol. The van der Waals surface area contributed by atoms with Crippen LogP contribution in [0.15, 0.2) is 0 Å². The summed E-state index contributed by atoms with van der Waals surface area (Å²) >= 11 is 0. The summed E-state index contributed by atoms with van der Waals surface area (Å²) in [5.41, 5.74) is 0. The van der Waals surface area contributed by atoms with Gasteiger partial charge in [0.05, 0.1) is 7.82 Å². The minimum absolute atomic E-state index is 0. The van der Waals surface area contributed by atoms with E-state index in [9.17, 15) is 23.8 Å². The van der Waals surface area contributed by atoms with Gasteiger partial charge < -0.3 is 40.6 Å². The van der Waals surface area contributed by atoms with Crippen molar-refractivity contribution in [2.75, 3.05) is 0 Å². The van der Waals surface area contributed by atoms with E-state index in [-0.39, 0.29) is 171 Å². The van der Waals surface area contributed by atoms with Gasteiger partial charge in [-0.1, -0.05) is 0 Å². The Morgan fingerprint density at radius 3 is 1.07 bits per heavy atom. The van der Waals surface area contributed by atoms with Crippen LogP contribution in [0.4, 0.5) is 0 Å². The molecule has 0 saturated carbocycles. The van der Waals surface area contributed by atoms with Gasteiger partial charge in [-0.05, 0) is 0 Å². The standard InChI is InChI=1S/3K.H4O7P2.3H2O/c;;;1-8(2,3)7-9(4,5)6;;;/h;;;(H2,1,2,3)(H2,4,5,6);3*1H2/q3*+1;;;;/p-3. The molecule has 7 N–H and O–H groups in total. The molecule has 0 aromatic heterocycles. The van der Waals surface area contributed by atoms with Gasteiger partial charge in [0, 0.05) is 0 Å². The number of phosphoric acid groups is 2. The van der Waals surface area contributed by atoms with Gasteiger partial charge in [0.25, 0.3) is 7.82 Å². The van der Waals surface area contributed by atoms with Gasteiger partial charge in [-0.15, -0.1) is 0 Å². The van der Waals surface area contributed by atoms with Gasteiger partial charge in [-0.2, -0.15) is 0 Å². The Labute approximate surface area is 213 Å².